The fraction of sp³-hybridized carbons (Fsp3) is 0.158. The van der Waals surface area contributed by atoms with Crippen LogP contribution >= 0.6 is 11.8 Å². The average Bonchev–Trinajstić information content (AvgIpc) is 3.37. The highest BCUT2D eigenvalue weighted by molar-refractivity contribution is 8.14. The Hall–Kier alpha value is -2.78. The molecule has 0 radical (unpaired) electrons. The molecule has 1 aromatic heterocycles. The monoisotopic (exact) mass is 415 g/mol. The van der Waals surface area contributed by atoms with Crippen molar-refractivity contribution in [1.29, 1.82) is 0 Å². The van der Waals surface area contributed by atoms with Gasteiger partial charge >= 0.3 is 5.97 Å². The minimum Gasteiger partial charge on any atom is -0.465 e. The van der Waals surface area contributed by atoms with Gasteiger partial charge in [-0.25, -0.2) is 13.2 Å². The topological polar surface area (TPSA) is 101 Å². The number of methoxy groups -OCH3 is 1. The van der Waals surface area contributed by atoms with Crippen molar-refractivity contribution in [2.45, 2.75) is 4.90 Å². The Morgan fingerprint density at radius 2 is 2.04 bits per heavy atom. The number of aliphatic imine (C=N–C) groups is 1. The lowest BCUT2D eigenvalue weighted by Crippen LogP contribution is -2.14. The summed E-state index contributed by atoms with van der Waals surface area (Å²) in [4.78, 5) is 19.4. The third-order valence-corrected chi connectivity index (χ3v) is 6.65. The first-order valence-electron chi connectivity index (χ1n) is 8.48. The molecular formula is C19H17N3O4S2. The Morgan fingerprint density at radius 3 is 2.79 bits per heavy atom. The largest absolute Gasteiger partial charge is 0.465 e. The second kappa shape index (κ2) is 7.33. The fourth-order valence-electron chi connectivity index (χ4n) is 2.97. The second-order valence-corrected chi connectivity index (χ2v) is 8.88. The van der Waals surface area contributed by atoms with Gasteiger partial charge in [0.2, 0.25) is 0 Å². The molecule has 0 aliphatic carbocycles. The molecule has 3 aromatic rings. The van der Waals surface area contributed by atoms with Crippen molar-refractivity contribution in [2.75, 3.05) is 24.1 Å². The van der Waals surface area contributed by atoms with Crippen LogP contribution in [0.4, 0.5) is 5.69 Å². The lowest BCUT2D eigenvalue weighted by molar-refractivity contribution is 0.0600. The number of anilines is 1. The predicted molar refractivity (Wildman–Crippen MR) is 111 cm³/mol. The van der Waals surface area contributed by atoms with E-state index in [1.165, 1.54) is 31.4 Å². The molecule has 0 amide bonds. The summed E-state index contributed by atoms with van der Waals surface area (Å²) in [5.41, 5.74) is 2.15. The molecule has 4 rings (SSSR count). The van der Waals surface area contributed by atoms with Crippen molar-refractivity contribution in [2.24, 2.45) is 4.99 Å². The van der Waals surface area contributed by atoms with E-state index in [0.29, 0.717) is 11.2 Å². The van der Waals surface area contributed by atoms with E-state index in [-0.39, 0.29) is 10.5 Å². The molecule has 9 heteroatoms. The number of aromatic nitrogens is 1. The summed E-state index contributed by atoms with van der Waals surface area (Å²) < 4.78 is 33.0. The van der Waals surface area contributed by atoms with Gasteiger partial charge in [0.25, 0.3) is 10.0 Å². The number of hydrogen-bond acceptors (Lipinski definition) is 6. The van der Waals surface area contributed by atoms with Gasteiger partial charge in [0.1, 0.15) is 5.04 Å². The standard InChI is InChI=1S/C19H17N3O4S2/c1-26-19(23)13-5-2-6-14(10-13)28(24,25)22-15-7-3-4-12-11-16(21-17(12)15)18-20-8-9-27-18/h2-7,10-11,21-22H,8-9H2,1H3. The maximum absolute atomic E-state index is 12.9. The number of nitrogens with one attached hydrogen (secondary N) is 2. The van der Waals surface area contributed by atoms with Gasteiger partial charge in [0.05, 0.1) is 34.5 Å². The minimum absolute atomic E-state index is 0.0186. The number of carbonyl (C=O) groups is 1. The number of rotatable bonds is 5. The quantitative estimate of drug-likeness (QED) is 0.623. The number of aromatic amines is 1. The van der Waals surface area contributed by atoms with Gasteiger partial charge in [-0.3, -0.25) is 9.71 Å². The van der Waals surface area contributed by atoms with E-state index < -0.39 is 16.0 Å². The van der Waals surface area contributed by atoms with Crippen LogP contribution < -0.4 is 4.72 Å². The van der Waals surface area contributed by atoms with Crippen LogP contribution in [0.1, 0.15) is 16.1 Å². The first-order valence-corrected chi connectivity index (χ1v) is 11.0. The van der Waals surface area contributed by atoms with E-state index in [2.05, 4.69) is 19.4 Å². The summed E-state index contributed by atoms with van der Waals surface area (Å²) in [6.45, 7) is 0.783. The molecule has 28 heavy (non-hydrogen) atoms. The van der Waals surface area contributed by atoms with Crippen LogP contribution in [-0.2, 0) is 14.8 Å². The van der Waals surface area contributed by atoms with Crippen LogP contribution in [-0.4, -0.2) is 43.8 Å². The Labute approximate surface area is 166 Å². The summed E-state index contributed by atoms with van der Waals surface area (Å²) in [5.74, 6) is 0.351. The molecular weight excluding hydrogens is 398 g/mol. The molecule has 0 unspecified atom stereocenters. The number of ether oxygens (including phenoxy) is 1. The number of esters is 1. The lowest BCUT2D eigenvalue weighted by Gasteiger charge is -2.10. The van der Waals surface area contributed by atoms with Gasteiger partial charge in [0, 0.05) is 17.7 Å². The van der Waals surface area contributed by atoms with Crippen LogP contribution in [0, 0.1) is 0 Å². The molecule has 1 aliphatic rings. The van der Waals surface area contributed by atoms with E-state index in [0.717, 1.165) is 28.4 Å². The molecule has 2 aromatic carbocycles. The van der Waals surface area contributed by atoms with Gasteiger partial charge in [-0.2, -0.15) is 0 Å². The number of thioether (sulfide) groups is 1. The highest BCUT2D eigenvalue weighted by Gasteiger charge is 2.19. The van der Waals surface area contributed by atoms with Crippen LogP contribution in [0.3, 0.4) is 0 Å². The number of para-hydroxylation sites is 1. The predicted octanol–water partition coefficient (Wildman–Crippen LogP) is 3.25. The van der Waals surface area contributed by atoms with E-state index in [9.17, 15) is 13.2 Å². The molecule has 2 N–H and O–H groups in total. The molecule has 7 nitrogen and oxygen atoms in total. The van der Waals surface area contributed by atoms with Crippen molar-refractivity contribution in [3.05, 3.63) is 59.8 Å². The number of hydrogen-bond donors (Lipinski definition) is 2. The zero-order valence-corrected chi connectivity index (χ0v) is 16.6. The molecule has 0 fully saturated rings. The molecule has 0 spiro atoms. The van der Waals surface area contributed by atoms with E-state index in [1.807, 2.05) is 12.1 Å². The van der Waals surface area contributed by atoms with Gasteiger partial charge < -0.3 is 9.72 Å². The maximum atomic E-state index is 12.9. The summed E-state index contributed by atoms with van der Waals surface area (Å²) in [6.07, 6.45) is 0. The molecule has 0 bridgehead atoms. The Morgan fingerprint density at radius 1 is 1.21 bits per heavy atom. The minimum atomic E-state index is -3.89. The fourth-order valence-corrected chi connectivity index (χ4v) is 4.91. The normalized spacial score (nSPS) is 14.1. The zero-order valence-electron chi connectivity index (χ0n) is 14.9. The van der Waals surface area contributed by atoms with Gasteiger partial charge in [-0.05, 0) is 30.3 Å². The third kappa shape index (κ3) is 3.50. The molecule has 144 valence electrons. The first-order chi connectivity index (χ1) is 13.5. The highest BCUT2D eigenvalue weighted by Crippen LogP contribution is 2.29. The summed E-state index contributed by atoms with van der Waals surface area (Å²) in [6, 6.07) is 13.1. The maximum Gasteiger partial charge on any atom is 0.337 e. The van der Waals surface area contributed by atoms with Gasteiger partial charge in [0.15, 0.2) is 0 Å². The molecule has 2 heterocycles. The third-order valence-electron chi connectivity index (χ3n) is 4.28. The smallest absolute Gasteiger partial charge is 0.337 e. The number of benzene rings is 2. The number of carbonyl (C=O) groups excluding carboxylic acids is 1. The van der Waals surface area contributed by atoms with Crippen molar-refractivity contribution in [3.63, 3.8) is 0 Å². The second-order valence-electron chi connectivity index (χ2n) is 6.11. The van der Waals surface area contributed by atoms with Crippen molar-refractivity contribution >= 4 is 49.4 Å². The van der Waals surface area contributed by atoms with Crippen molar-refractivity contribution in [3.8, 4) is 0 Å². The number of nitrogens with zero attached hydrogens (tertiary/aromatic N) is 1. The SMILES string of the molecule is COC(=O)c1cccc(S(=O)(=O)Nc2cccc3cc(C4=NCCS4)[nH]c23)c1. The van der Waals surface area contributed by atoms with E-state index in [4.69, 9.17) is 0 Å². The number of fused-ring (bicyclic) bond motifs is 1. The van der Waals surface area contributed by atoms with Crippen LogP contribution in [0.2, 0.25) is 0 Å². The summed E-state index contributed by atoms with van der Waals surface area (Å²) in [7, 11) is -2.64. The zero-order chi connectivity index (χ0) is 19.7. The number of sulfonamides is 1. The highest BCUT2D eigenvalue weighted by atomic mass is 32.2. The lowest BCUT2D eigenvalue weighted by atomic mass is 10.2. The Balaban J connectivity index is 1.70. The van der Waals surface area contributed by atoms with E-state index in [1.54, 1.807) is 23.9 Å². The summed E-state index contributed by atoms with van der Waals surface area (Å²) in [5, 5.41) is 1.81. The molecule has 0 saturated carbocycles. The van der Waals surface area contributed by atoms with Gasteiger partial charge in [-0.1, -0.05) is 18.2 Å². The molecule has 0 atom stereocenters. The first kappa shape index (κ1) is 18.6. The molecule has 1 aliphatic heterocycles. The van der Waals surface area contributed by atoms with Crippen LogP contribution in [0.5, 0.6) is 0 Å². The Kier molecular flexibility index (Phi) is 4.86. The number of H-pyrrole nitrogens is 1. The van der Waals surface area contributed by atoms with Crippen LogP contribution in [0.15, 0.2) is 58.4 Å². The van der Waals surface area contributed by atoms with Crippen molar-refractivity contribution < 1.29 is 17.9 Å². The molecule has 0 saturated heterocycles. The summed E-state index contributed by atoms with van der Waals surface area (Å²) >= 11 is 1.67. The Bertz CT molecular complexity index is 1200. The van der Waals surface area contributed by atoms with Crippen LogP contribution in [0.25, 0.3) is 10.9 Å². The van der Waals surface area contributed by atoms with Gasteiger partial charge in [-0.15, -0.1) is 11.8 Å². The van der Waals surface area contributed by atoms with Crippen molar-refractivity contribution in [1.82, 2.24) is 4.98 Å². The average molecular weight is 415 g/mol. The van der Waals surface area contributed by atoms with E-state index >= 15 is 0 Å².